The molecule has 2 heterocycles. The first-order valence-corrected chi connectivity index (χ1v) is 8.93. The Balaban J connectivity index is 1.83. The summed E-state index contributed by atoms with van der Waals surface area (Å²) in [4.78, 5) is 33.9. The highest BCUT2D eigenvalue weighted by Crippen LogP contribution is 2.25. The van der Waals surface area contributed by atoms with Gasteiger partial charge < -0.3 is 16.0 Å². The highest BCUT2D eigenvalue weighted by molar-refractivity contribution is 5.86. The van der Waals surface area contributed by atoms with Crippen LogP contribution in [0.5, 0.6) is 0 Å². The van der Waals surface area contributed by atoms with Gasteiger partial charge in [-0.1, -0.05) is 0 Å². The fourth-order valence-electron chi connectivity index (χ4n) is 3.50. The largest absolute Gasteiger partial charge is 0.383 e. The molecular formula is C18H29N5O2. The van der Waals surface area contributed by atoms with E-state index in [1.54, 1.807) is 6.92 Å². The van der Waals surface area contributed by atoms with Crippen LogP contribution in [0.15, 0.2) is 0 Å². The van der Waals surface area contributed by atoms with Crippen LogP contribution < -0.4 is 11.1 Å². The topological polar surface area (TPSA) is 101 Å². The molecule has 0 spiro atoms. The van der Waals surface area contributed by atoms with E-state index in [1.165, 1.54) is 6.92 Å². The molecule has 138 valence electrons. The number of aromatic nitrogens is 2. The van der Waals surface area contributed by atoms with E-state index in [1.807, 2.05) is 18.7 Å². The highest BCUT2D eigenvalue weighted by Gasteiger charge is 2.26. The van der Waals surface area contributed by atoms with Crippen molar-refractivity contribution in [1.29, 1.82) is 0 Å². The lowest BCUT2D eigenvalue weighted by Gasteiger charge is -2.33. The molecule has 0 aliphatic carbocycles. The van der Waals surface area contributed by atoms with Crippen molar-refractivity contribution >= 4 is 17.6 Å². The maximum atomic E-state index is 12.3. The summed E-state index contributed by atoms with van der Waals surface area (Å²) in [6, 6.07) is -0.457. The fraction of sp³-hybridized carbons (Fsp3) is 0.667. The zero-order valence-electron chi connectivity index (χ0n) is 15.6. The van der Waals surface area contributed by atoms with E-state index in [-0.39, 0.29) is 11.8 Å². The SMILES string of the molecule is CC(=O)N[C@@H](C)C(=O)N1CCC(CCc2c(C)nc(C)nc2N)CC1. The van der Waals surface area contributed by atoms with Crippen LogP contribution >= 0.6 is 0 Å². The molecule has 1 saturated heterocycles. The van der Waals surface area contributed by atoms with Crippen molar-refractivity contribution in [2.75, 3.05) is 18.8 Å². The zero-order valence-corrected chi connectivity index (χ0v) is 15.6. The molecule has 7 heteroatoms. The number of amides is 2. The molecule has 0 bridgehead atoms. The average molecular weight is 347 g/mol. The third kappa shape index (κ3) is 5.14. The summed E-state index contributed by atoms with van der Waals surface area (Å²) >= 11 is 0. The molecule has 2 amide bonds. The summed E-state index contributed by atoms with van der Waals surface area (Å²) in [5, 5.41) is 2.66. The first-order valence-electron chi connectivity index (χ1n) is 8.93. The summed E-state index contributed by atoms with van der Waals surface area (Å²) in [5.41, 5.74) is 8.04. The summed E-state index contributed by atoms with van der Waals surface area (Å²) < 4.78 is 0. The van der Waals surface area contributed by atoms with Gasteiger partial charge in [0.15, 0.2) is 0 Å². The third-order valence-corrected chi connectivity index (χ3v) is 4.88. The van der Waals surface area contributed by atoms with Crippen LogP contribution in [-0.2, 0) is 16.0 Å². The zero-order chi connectivity index (χ0) is 18.6. The molecule has 1 atom stereocenters. The molecule has 25 heavy (non-hydrogen) atoms. The van der Waals surface area contributed by atoms with Crippen molar-refractivity contribution in [2.45, 2.75) is 59.4 Å². The van der Waals surface area contributed by atoms with Gasteiger partial charge in [0.1, 0.15) is 17.7 Å². The van der Waals surface area contributed by atoms with Gasteiger partial charge in [-0.3, -0.25) is 9.59 Å². The van der Waals surface area contributed by atoms with Gasteiger partial charge in [0.25, 0.3) is 0 Å². The number of nitrogen functional groups attached to an aromatic ring is 1. The fourth-order valence-corrected chi connectivity index (χ4v) is 3.50. The van der Waals surface area contributed by atoms with Crippen LogP contribution in [0.1, 0.15) is 50.2 Å². The minimum atomic E-state index is -0.457. The number of aryl methyl sites for hydroxylation is 2. The number of hydrogen-bond donors (Lipinski definition) is 2. The molecule has 7 nitrogen and oxygen atoms in total. The molecule has 0 aromatic carbocycles. The predicted molar refractivity (Wildman–Crippen MR) is 96.8 cm³/mol. The monoisotopic (exact) mass is 347 g/mol. The van der Waals surface area contributed by atoms with Crippen LogP contribution in [0.4, 0.5) is 5.82 Å². The lowest BCUT2D eigenvalue weighted by Crippen LogP contribution is -2.49. The highest BCUT2D eigenvalue weighted by atomic mass is 16.2. The Morgan fingerprint density at radius 2 is 1.92 bits per heavy atom. The quantitative estimate of drug-likeness (QED) is 0.838. The maximum Gasteiger partial charge on any atom is 0.244 e. The Labute approximate surface area is 149 Å². The number of likely N-dealkylation sites (tertiary alicyclic amines) is 1. The Hall–Kier alpha value is -2.18. The van der Waals surface area contributed by atoms with E-state index in [0.717, 1.165) is 50.0 Å². The van der Waals surface area contributed by atoms with Crippen molar-refractivity contribution in [3.05, 3.63) is 17.1 Å². The molecular weight excluding hydrogens is 318 g/mol. The normalized spacial score (nSPS) is 16.6. The Bertz CT molecular complexity index is 615. The average Bonchev–Trinajstić information content (AvgIpc) is 2.53. The van der Waals surface area contributed by atoms with Gasteiger partial charge in [-0.15, -0.1) is 0 Å². The number of nitrogens with zero attached hydrogens (tertiary/aromatic N) is 3. The van der Waals surface area contributed by atoms with Crippen molar-refractivity contribution in [2.24, 2.45) is 5.92 Å². The molecule has 0 unspecified atom stereocenters. The van der Waals surface area contributed by atoms with Gasteiger partial charge in [-0.25, -0.2) is 9.97 Å². The molecule has 1 aliphatic rings. The van der Waals surface area contributed by atoms with E-state index >= 15 is 0 Å². The minimum absolute atomic E-state index is 0.000624. The Morgan fingerprint density at radius 3 is 2.48 bits per heavy atom. The van der Waals surface area contributed by atoms with E-state index in [0.29, 0.717) is 17.6 Å². The Kier molecular flexibility index (Phi) is 6.33. The summed E-state index contributed by atoms with van der Waals surface area (Å²) in [6.07, 6.45) is 3.86. The molecule has 3 N–H and O–H groups in total. The number of anilines is 1. The second-order valence-corrected chi connectivity index (χ2v) is 6.95. The van der Waals surface area contributed by atoms with Gasteiger partial charge in [0.2, 0.25) is 11.8 Å². The summed E-state index contributed by atoms with van der Waals surface area (Å²) in [5.74, 6) is 1.69. The molecule has 2 rings (SSSR count). The summed E-state index contributed by atoms with van der Waals surface area (Å²) in [7, 11) is 0. The standard InChI is InChI=1S/C18H29N5O2/c1-11-16(17(19)22-13(3)20-11)6-5-15-7-9-23(10-8-15)18(25)12(2)21-14(4)24/h12,15H,5-10H2,1-4H3,(H,21,24)(H2,19,20,22)/t12-/m0/s1. The van der Waals surface area contributed by atoms with E-state index < -0.39 is 6.04 Å². The van der Waals surface area contributed by atoms with Crippen LogP contribution in [0.2, 0.25) is 0 Å². The molecule has 0 saturated carbocycles. The van der Waals surface area contributed by atoms with Gasteiger partial charge in [-0.2, -0.15) is 0 Å². The first kappa shape index (κ1) is 19.1. The Morgan fingerprint density at radius 1 is 1.28 bits per heavy atom. The smallest absolute Gasteiger partial charge is 0.244 e. The lowest BCUT2D eigenvalue weighted by atomic mass is 9.90. The van der Waals surface area contributed by atoms with Crippen LogP contribution in [0.25, 0.3) is 0 Å². The van der Waals surface area contributed by atoms with Crippen LogP contribution in [0.3, 0.4) is 0 Å². The summed E-state index contributed by atoms with van der Waals surface area (Å²) in [6.45, 7) is 8.47. The number of rotatable bonds is 5. The van der Waals surface area contributed by atoms with E-state index in [2.05, 4.69) is 15.3 Å². The van der Waals surface area contributed by atoms with Crippen LogP contribution in [0, 0.1) is 19.8 Å². The van der Waals surface area contributed by atoms with Crippen molar-refractivity contribution < 1.29 is 9.59 Å². The van der Waals surface area contributed by atoms with Crippen molar-refractivity contribution in [1.82, 2.24) is 20.2 Å². The van der Waals surface area contributed by atoms with Crippen molar-refractivity contribution in [3.63, 3.8) is 0 Å². The van der Waals surface area contributed by atoms with Crippen molar-refractivity contribution in [3.8, 4) is 0 Å². The molecule has 1 aromatic rings. The second kappa shape index (κ2) is 8.27. The second-order valence-electron chi connectivity index (χ2n) is 6.95. The van der Waals surface area contributed by atoms with Crippen LogP contribution in [-0.4, -0.2) is 45.8 Å². The molecule has 1 fully saturated rings. The number of piperidine rings is 1. The van der Waals surface area contributed by atoms with Gasteiger partial charge in [0.05, 0.1) is 0 Å². The minimum Gasteiger partial charge on any atom is -0.383 e. The number of nitrogens with two attached hydrogens (primary N) is 1. The van der Waals surface area contributed by atoms with Gasteiger partial charge in [-0.05, 0) is 52.4 Å². The van der Waals surface area contributed by atoms with Gasteiger partial charge in [0, 0.05) is 31.3 Å². The molecule has 0 radical (unpaired) electrons. The predicted octanol–water partition coefficient (Wildman–Crippen LogP) is 1.37. The third-order valence-electron chi connectivity index (χ3n) is 4.88. The number of carbonyl (C=O) groups is 2. The number of nitrogens with one attached hydrogen (secondary N) is 1. The maximum absolute atomic E-state index is 12.3. The first-order chi connectivity index (χ1) is 11.8. The molecule has 1 aromatic heterocycles. The number of carbonyl (C=O) groups excluding carboxylic acids is 2. The molecule has 1 aliphatic heterocycles. The van der Waals surface area contributed by atoms with Gasteiger partial charge >= 0.3 is 0 Å². The lowest BCUT2D eigenvalue weighted by molar-refractivity contribution is -0.136. The van der Waals surface area contributed by atoms with E-state index in [4.69, 9.17) is 5.73 Å². The van der Waals surface area contributed by atoms with E-state index in [9.17, 15) is 9.59 Å². The number of hydrogen-bond acceptors (Lipinski definition) is 5.